The van der Waals surface area contributed by atoms with Crippen LogP contribution in [0.25, 0.3) is 5.65 Å². The van der Waals surface area contributed by atoms with Gasteiger partial charge in [-0.05, 0) is 30.4 Å². The van der Waals surface area contributed by atoms with Gasteiger partial charge in [-0.15, -0.1) is 15.3 Å². The monoisotopic (exact) mass is 534 g/mol. The summed E-state index contributed by atoms with van der Waals surface area (Å²) in [5.74, 6) is -0.474. The number of carbonyl (C=O) groups is 2. The van der Waals surface area contributed by atoms with Gasteiger partial charge in [-0.2, -0.15) is 13.2 Å². The van der Waals surface area contributed by atoms with E-state index in [9.17, 15) is 27.9 Å². The van der Waals surface area contributed by atoms with Crippen LogP contribution in [0.1, 0.15) is 69.1 Å². The lowest BCUT2D eigenvalue weighted by Crippen LogP contribution is -2.50. The van der Waals surface area contributed by atoms with Crippen LogP contribution in [0.15, 0.2) is 24.5 Å². The van der Waals surface area contributed by atoms with E-state index in [-0.39, 0.29) is 36.9 Å². The van der Waals surface area contributed by atoms with E-state index in [0.29, 0.717) is 5.92 Å². The number of rotatable bonds is 6. The van der Waals surface area contributed by atoms with Crippen molar-refractivity contribution >= 4 is 17.5 Å². The number of nitrogens with zero attached hydrogens (tertiary/aromatic N) is 7. The Morgan fingerprint density at radius 1 is 1.13 bits per heavy atom. The number of fused-ring (bicyclic) bond motifs is 1. The van der Waals surface area contributed by atoms with E-state index in [1.54, 1.807) is 6.20 Å². The van der Waals surface area contributed by atoms with E-state index in [1.165, 1.54) is 15.6 Å². The first-order valence-corrected chi connectivity index (χ1v) is 12.4. The molecular weight excluding hydrogens is 505 g/mol. The van der Waals surface area contributed by atoms with Gasteiger partial charge in [0.05, 0.1) is 23.9 Å². The molecule has 2 fully saturated rings. The van der Waals surface area contributed by atoms with E-state index < -0.39 is 41.2 Å². The van der Waals surface area contributed by atoms with Crippen LogP contribution < -0.4 is 5.32 Å². The maximum absolute atomic E-state index is 13.8. The molecule has 0 bridgehead atoms. The fourth-order valence-corrected chi connectivity index (χ4v) is 4.84. The van der Waals surface area contributed by atoms with E-state index >= 15 is 0 Å². The van der Waals surface area contributed by atoms with Crippen LogP contribution in [0.3, 0.4) is 0 Å². The number of pyridine rings is 1. The van der Waals surface area contributed by atoms with Gasteiger partial charge in [0, 0.05) is 31.3 Å². The number of aliphatic hydroxyl groups excluding tert-OH is 1. The molecule has 5 rings (SSSR count). The van der Waals surface area contributed by atoms with Gasteiger partial charge in [0.2, 0.25) is 11.8 Å². The normalized spacial score (nSPS) is 21.2. The third-order valence-electron chi connectivity index (χ3n) is 6.93. The van der Waals surface area contributed by atoms with Crippen molar-refractivity contribution in [2.45, 2.75) is 76.9 Å². The minimum absolute atomic E-state index is 0.0257. The van der Waals surface area contributed by atoms with Crippen LogP contribution in [0.4, 0.5) is 13.2 Å². The quantitative estimate of drug-likeness (QED) is 0.495. The molecule has 11 nitrogen and oxygen atoms in total. The third kappa shape index (κ3) is 5.08. The van der Waals surface area contributed by atoms with Gasteiger partial charge >= 0.3 is 6.18 Å². The second kappa shape index (κ2) is 9.33. The van der Waals surface area contributed by atoms with E-state index in [1.807, 2.05) is 20.8 Å². The molecule has 2 aliphatic rings. The van der Waals surface area contributed by atoms with Gasteiger partial charge in [-0.3, -0.25) is 14.0 Å². The molecule has 204 valence electrons. The summed E-state index contributed by atoms with van der Waals surface area (Å²) in [4.78, 5) is 28.3. The molecule has 0 aromatic carbocycles. The Bertz CT molecular complexity index is 1360. The number of aromatic nitrogens is 6. The SMILES string of the molecule is CC(C)(C)[C@@H](C(=O)N1C[C@H](O)C[C@H]1C(=O)NCc1nnc2ccc(C(F)(F)F)cn12)n1cc(C2CC2)nn1. The molecule has 1 saturated heterocycles. The first-order valence-electron chi connectivity index (χ1n) is 12.4. The lowest BCUT2D eigenvalue weighted by molar-refractivity contribution is -0.144. The first kappa shape index (κ1) is 26.1. The molecule has 14 heteroatoms. The Balaban J connectivity index is 1.34. The van der Waals surface area contributed by atoms with Gasteiger partial charge in [0.15, 0.2) is 11.5 Å². The minimum Gasteiger partial charge on any atom is -0.391 e. The molecule has 2 amide bonds. The van der Waals surface area contributed by atoms with Gasteiger partial charge in [-0.1, -0.05) is 26.0 Å². The molecule has 2 N–H and O–H groups in total. The topological polar surface area (TPSA) is 131 Å². The number of amides is 2. The molecule has 3 aromatic rings. The molecule has 1 aliphatic carbocycles. The Hall–Kier alpha value is -3.55. The first-order chi connectivity index (χ1) is 17.8. The predicted molar refractivity (Wildman–Crippen MR) is 126 cm³/mol. The van der Waals surface area contributed by atoms with E-state index in [4.69, 9.17) is 0 Å². The highest BCUT2D eigenvalue weighted by atomic mass is 19.4. The van der Waals surface area contributed by atoms with Crippen molar-refractivity contribution in [1.29, 1.82) is 0 Å². The van der Waals surface area contributed by atoms with Gasteiger partial charge < -0.3 is 15.3 Å². The van der Waals surface area contributed by atoms with Gasteiger partial charge in [0.25, 0.3) is 0 Å². The highest BCUT2D eigenvalue weighted by Crippen LogP contribution is 2.40. The molecule has 0 spiro atoms. The molecule has 38 heavy (non-hydrogen) atoms. The van der Waals surface area contributed by atoms with Crippen molar-refractivity contribution < 1.29 is 27.9 Å². The Labute approximate surface area is 216 Å². The van der Waals surface area contributed by atoms with Crippen molar-refractivity contribution in [2.24, 2.45) is 5.41 Å². The lowest BCUT2D eigenvalue weighted by Gasteiger charge is -2.34. The molecule has 0 unspecified atom stereocenters. The maximum Gasteiger partial charge on any atom is 0.417 e. The van der Waals surface area contributed by atoms with E-state index in [0.717, 1.165) is 35.2 Å². The largest absolute Gasteiger partial charge is 0.417 e. The summed E-state index contributed by atoms with van der Waals surface area (Å²) in [6, 6.07) is 0.368. The van der Waals surface area contributed by atoms with Crippen molar-refractivity contribution in [2.75, 3.05) is 6.54 Å². The smallest absolute Gasteiger partial charge is 0.391 e. The van der Waals surface area contributed by atoms with Crippen molar-refractivity contribution in [3.05, 3.63) is 41.6 Å². The molecule has 0 radical (unpaired) electrons. The highest BCUT2D eigenvalue weighted by molar-refractivity contribution is 5.90. The summed E-state index contributed by atoms with van der Waals surface area (Å²) < 4.78 is 42.1. The number of hydrogen-bond acceptors (Lipinski definition) is 7. The maximum atomic E-state index is 13.8. The van der Waals surface area contributed by atoms with Crippen LogP contribution >= 0.6 is 0 Å². The zero-order chi connectivity index (χ0) is 27.4. The van der Waals surface area contributed by atoms with Crippen LogP contribution in [-0.4, -0.2) is 70.1 Å². The van der Waals surface area contributed by atoms with Crippen LogP contribution in [0.5, 0.6) is 0 Å². The van der Waals surface area contributed by atoms with Crippen LogP contribution in [-0.2, 0) is 22.3 Å². The number of nitrogens with one attached hydrogen (secondary N) is 1. The number of halogens is 3. The number of aliphatic hydroxyl groups is 1. The van der Waals surface area contributed by atoms with E-state index in [2.05, 4.69) is 25.8 Å². The van der Waals surface area contributed by atoms with Crippen LogP contribution in [0, 0.1) is 5.41 Å². The zero-order valence-corrected chi connectivity index (χ0v) is 21.2. The second-order valence-corrected chi connectivity index (χ2v) is 11.0. The Morgan fingerprint density at radius 2 is 1.87 bits per heavy atom. The lowest BCUT2D eigenvalue weighted by atomic mass is 9.85. The average Bonchev–Trinajstić information content (AvgIpc) is 3.23. The number of likely N-dealkylation sites (tertiary alicyclic amines) is 1. The standard InChI is InChI=1S/C24H29F3N8O3/c1-23(2,3)20(35-12-16(29-32-35)13-4-5-13)22(38)33-11-15(36)8-17(33)21(37)28-9-19-31-30-18-7-6-14(10-34(18)19)24(25,26)27/h6-7,10,12-13,15,17,20,36H,4-5,8-9,11H2,1-3H3,(H,28,37)/t15-,17+,20-/m1/s1. The zero-order valence-electron chi connectivity index (χ0n) is 21.2. The highest BCUT2D eigenvalue weighted by Gasteiger charge is 2.45. The fraction of sp³-hybridized carbons (Fsp3) is 0.583. The van der Waals surface area contributed by atoms with Crippen LogP contribution in [0.2, 0.25) is 0 Å². The molecule has 1 saturated carbocycles. The second-order valence-electron chi connectivity index (χ2n) is 11.0. The van der Waals surface area contributed by atoms with Gasteiger partial charge in [0.1, 0.15) is 12.1 Å². The summed E-state index contributed by atoms with van der Waals surface area (Å²) in [7, 11) is 0. The fourth-order valence-electron chi connectivity index (χ4n) is 4.84. The third-order valence-corrected chi connectivity index (χ3v) is 6.93. The number of carbonyl (C=O) groups excluding carboxylic acids is 2. The average molecular weight is 535 g/mol. The molecule has 1 aliphatic heterocycles. The van der Waals surface area contributed by atoms with Crippen molar-refractivity contribution in [3.8, 4) is 0 Å². The predicted octanol–water partition coefficient (Wildman–Crippen LogP) is 2.08. The summed E-state index contributed by atoms with van der Waals surface area (Å²) in [5.41, 5.74) is -0.422. The Kier molecular flexibility index (Phi) is 6.40. The summed E-state index contributed by atoms with van der Waals surface area (Å²) in [6.45, 7) is 5.42. The number of β-amino-alcohol motifs (C(OH)–C–C–N with tert-alkyl or cyclic N) is 1. The summed E-state index contributed by atoms with van der Waals surface area (Å²) in [5, 5.41) is 29.2. The van der Waals surface area contributed by atoms with Crippen molar-refractivity contribution in [1.82, 2.24) is 39.8 Å². The number of hydrogen-bond donors (Lipinski definition) is 2. The summed E-state index contributed by atoms with van der Waals surface area (Å²) >= 11 is 0. The number of alkyl halides is 3. The molecule has 3 atom stereocenters. The molecular formula is C24H29F3N8O3. The molecule has 4 heterocycles. The summed E-state index contributed by atoms with van der Waals surface area (Å²) in [6.07, 6.45) is -0.716. The van der Waals surface area contributed by atoms with Gasteiger partial charge in [-0.25, -0.2) is 4.68 Å². The Morgan fingerprint density at radius 3 is 2.53 bits per heavy atom. The molecule has 3 aromatic heterocycles. The minimum atomic E-state index is -4.55. The van der Waals surface area contributed by atoms with Crippen molar-refractivity contribution in [3.63, 3.8) is 0 Å².